The molecule has 1 aromatic heterocycles. The summed E-state index contributed by atoms with van der Waals surface area (Å²) in [5.74, 6) is 0.377. The van der Waals surface area contributed by atoms with E-state index < -0.39 is 0 Å². The quantitative estimate of drug-likeness (QED) is 0.803. The van der Waals surface area contributed by atoms with E-state index in [2.05, 4.69) is 10.3 Å². The van der Waals surface area contributed by atoms with Crippen LogP contribution < -0.4 is 10.1 Å². The maximum Gasteiger partial charge on any atom is 0.232 e. The molecule has 6 heteroatoms. The number of halogens is 1. The summed E-state index contributed by atoms with van der Waals surface area (Å²) in [4.78, 5) is 25.6. The Morgan fingerprint density at radius 1 is 1.45 bits per heavy atom. The molecule has 106 valence electrons. The molecule has 1 fully saturated rings. The first-order valence-electron chi connectivity index (χ1n) is 6.63. The van der Waals surface area contributed by atoms with Crippen LogP contribution in [0, 0.1) is 5.92 Å². The topological polar surface area (TPSA) is 68.3 Å². The van der Waals surface area contributed by atoms with Gasteiger partial charge in [0, 0.05) is 12.1 Å². The number of aldehydes is 1. The number of ether oxygens (including phenoxy) is 1. The average Bonchev–Trinajstić information content (AvgIpc) is 3.07. The lowest BCUT2D eigenvalue weighted by atomic mass is 10.1. The second kappa shape index (κ2) is 5.05. The van der Waals surface area contributed by atoms with Gasteiger partial charge in [-0.25, -0.2) is 4.98 Å². The van der Waals surface area contributed by atoms with Gasteiger partial charge in [-0.1, -0.05) is 11.6 Å². The third-order valence-electron chi connectivity index (χ3n) is 4.02. The molecular weight excluding hydrogens is 280 g/mol. The van der Waals surface area contributed by atoms with Gasteiger partial charge in [-0.15, -0.1) is 0 Å². The van der Waals surface area contributed by atoms with E-state index >= 15 is 0 Å². The largest absolute Gasteiger partial charge is 0.474 e. The lowest BCUT2D eigenvalue weighted by molar-refractivity contribution is -0.111. The number of amides is 1. The van der Waals surface area contributed by atoms with Gasteiger partial charge in [0.25, 0.3) is 0 Å². The molecule has 0 aliphatic heterocycles. The van der Waals surface area contributed by atoms with Crippen molar-refractivity contribution in [1.82, 2.24) is 10.3 Å². The van der Waals surface area contributed by atoms with Gasteiger partial charge in [-0.3, -0.25) is 4.79 Å². The number of carbonyl (C=O) groups is 2. The van der Waals surface area contributed by atoms with Gasteiger partial charge in [0.15, 0.2) is 0 Å². The van der Waals surface area contributed by atoms with Gasteiger partial charge < -0.3 is 14.8 Å². The maximum atomic E-state index is 10.9. The molecule has 1 amide bonds. The number of hydrogen-bond donors (Lipinski definition) is 1. The summed E-state index contributed by atoms with van der Waals surface area (Å²) in [5.41, 5.74) is 1.73. The number of rotatable bonds is 6. The van der Waals surface area contributed by atoms with E-state index in [0.29, 0.717) is 36.8 Å². The molecule has 0 spiro atoms. The lowest BCUT2D eigenvalue weighted by Gasteiger charge is -2.16. The zero-order chi connectivity index (χ0) is 14.2. The van der Waals surface area contributed by atoms with Crippen LogP contribution >= 0.6 is 11.6 Å². The molecule has 2 aliphatic carbocycles. The van der Waals surface area contributed by atoms with Crippen LogP contribution in [-0.4, -0.2) is 29.8 Å². The standard InChI is InChI=1S/C14H15ClN2O3/c15-12-11-4-9(6-18)3-10(11)5-16-13(12)20-7-14(1-2-14)17-8-19/h5-6,8-9H,1-4,7H2,(H,17,19). The first kappa shape index (κ1) is 13.4. The van der Waals surface area contributed by atoms with E-state index in [0.717, 1.165) is 30.3 Å². The molecule has 0 saturated heterocycles. The number of aromatic nitrogens is 1. The molecule has 1 N–H and O–H groups in total. The van der Waals surface area contributed by atoms with Crippen molar-refractivity contribution in [2.24, 2.45) is 5.92 Å². The first-order chi connectivity index (χ1) is 9.67. The Hall–Kier alpha value is -1.62. The molecular formula is C14H15ClN2O3. The molecule has 1 unspecified atom stereocenters. The summed E-state index contributed by atoms with van der Waals surface area (Å²) < 4.78 is 5.66. The van der Waals surface area contributed by atoms with Gasteiger partial charge in [-0.2, -0.15) is 0 Å². The van der Waals surface area contributed by atoms with Crippen LogP contribution in [0.5, 0.6) is 5.88 Å². The Labute approximate surface area is 121 Å². The molecule has 1 saturated carbocycles. The summed E-state index contributed by atoms with van der Waals surface area (Å²) in [6, 6.07) is 0. The summed E-state index contributed by atoms with van der Waals surface area (Å²) in [7, 11) is 0. The summed E-state index contributed by atoms with van der Waals surface area (Å²) >= 11 is 6.31. The van der Waals surface area contributed by atoms with E-state index in [9.17, 15) is 9.59 Å². The number of nitrogens with one attached hydrogen (secondary N) is 1. The predicted molar refractivity (Wildman–Crippen MR) is 72.9 cm³/mol. The molecule has 3 rings (SSSR count). The van der Waals surface area contributed by atoms with E-state index in [-0.39, 0.29) is 11.5 Å². The zero-order valence-electron chi connectivity index (χ0n) is 10.9. The fourth-order valence-electron chi connectivity index (χ4n) is 2.56. The summed E-state index contributed by atoms with van der Waals surface area (Å²) in [6.07, 6.45) is 6.54. The predicted octanol–water partition coefficient (Wildman–Crippen LogP) is 1.31. The molecule has 1 atom stereocenters. The van der Waals surface area contributed by atoms with E-state index in [1.165, 1.54) is 0 Å². The fraction of sp³-hybridized carbons (Fsp3) is 0.500. The summed E-state index contributed by atoms with van der Waals surface area (Å²) in [5, 5.41) is 3.26. The first-order valence-corrected chi connectivity index (χ1v) is 7.01. The van der Waals surface area contributed by atoms with Gasteiger partial charge in [0.1, 0.15) is 17.9 Å². The van der Waals surface area contributed by atoms with Crippen molar-refractivity contribution >= 4 is 24.3 Å². The van der Waals surface area contributed by atoms with E-state index in [4.69, 9.17) is 16.3 Å². The minimum Gasteiger partial charge on any atom is -0.474 e. The van der Waals surface area contributed by atoms with Gasteiger partial charge in [0.05, 0.1) is 5.54 Å². The van der Waals surface area contributed by atoms with Crippen LogP contribution in [0.2, 0.25) is 5.02 Å². The zero-order valence-corrected chi connectivity index (χ0v) is 11.7. The van der Waals surface area contributed by atoms with Gasteiger partial charge >= 0.3 is 0 Å². The minimum absolute atomic E-state index is 0.00828. The SMILES string of the molecule is O=CNC1(COc2ncc3c(c2Cl)CC(C=O)C3)CC1. The molecule has 2 aliphatic rings. The Kier molecular flexibility index (Phi) is 3.38. The van der Waals surface area contributed by atoms with Gasteiger partial charge in [-0.05, 0) is 36.8 Å². The molecule has 0 aromatic carbocycles. The van der Waals surface area contributed by atoms with Crippen LogP contribution in [0.4, 0.5) is 0 Å². The Morgan fingerprint density at radius 3 is 2.90 bits per heavy atom. The lowest BCUT2D eigenvalue weighted by Crippen LogP contribution is -2.36. The molecule has 0 bridgehead atoms. The fourth-order valence-corrected chi connectivity index (χ4v) is 2.87. The van der Waals surface area contributed by atoms with E-state index in [1.807, 2.05) is 0 Å². The van der Waals surface area contributed by atoms with Crippen molar-refractivity contribution in [3.8, 4) is 5.88 Å². The molecule has 1 aromatic rings. The van der Waals surface area contributed by atoms with Crippen LogP contribution in [0.15, 0.2) is 6.20 Å². The Bertz CT molecular complexity index is 558. The van der Waals surface area contributed by atoms with Crippen molar-refractivity contribution in [3.63, 3.8) is 0 Å². The number of hydrogen-bond acceptors (Lipinski definition) is 4. The number of pyridine rings is 1. The number of fused-ring (bicyclic) bond motifs is 1. The monoisotopic (exact) mass is 294 g/mol. The van der Waals surface area contributed by atoms with Crippen LogP contribution in [0.25, 0.3) is 0 Å². The average molecular weight is 295 g/mol. The van der Waals surface area contributed by atoms with Crippen LogP contribution in [0.3, 0.4) is 0 Å². The number of nitrogens with zero attached hydrogens (tertiary/aromatic N) is 1. The highest BCUT2D eigenvalue weighted by molar-refractivity contribution is 6.32. The summed E-state index contributed by atoms with van der Waals surface area (Å²) in [6.45, 7) is 0.369. The normalized spacial score (nSPS) is 21.9. The third kappa shape index (κ3) is 2.38. The van der Waals surface area contributed by atoms with Crippen molar-refractivity contribution in [3.05, 3.63) is 22.3 Å². The van der Waals surface area contributed by atoms with Gasteiger partial charge in [0.2, 0.25) is 12.3 Å². The minimum atomic E-state index is -0.253. The van der Waals surface area contributed by atoms with E-state index in [1.54, 1.807) is 6.20 Å². The maximum absolute atomic E-state index is 10.9. The highest BCUT2D eigenvalue weighted by Gasteiger charge is 2.43. The second-order valence-corrected chi connectivity index (χ2v) is 5.89. The molecule has 5 nitrogen and oxygen atoms in total. The molecule has 20 heavy (non-hydrogen) atoms. The highest BCUT2D eigenvalue weighted by Crippen LogP contribution is 2.38. The smallest absolute Gasteiger partial charge is 0.232 e. The van der Waals surface area contributed by atoms with Crippen LogP contribution in [0.1, 0.15) is 24.0 Å². The van der Waals surface area contributed by atoms with Crippen molar-refractivity contribution < 1.29 is 14.3 Å². The van der Waals surface area contributed by atoms with Crippen molar-refractivity contribution in [1.29, 1.82) is 0 Å². The molecule has 1 heterocycles. The number of carbonyl (C=O) groups excluding carboxylic acids is 2. The highest BCUT2D eigenvalue weighted by atomic mass is 35.5. The Morgan fingerprint density at radius 2 is 2.25 bits per heavy atom. The van der Waals surface area contributed by atoms with Crippen LogP contribution in [-0.2, 0) is 22.4 Å². The Balaban J connectivity index is 1.73. The molecule has 0 radical (unpaired) electrons. The van der Waals surface area contributed by atoms with Crippen molar-refractivity contribution in [2.75, 3.05) is 6.61 Å². The second-order valence-electron chi connectivity index (χ2n) is 5.52. The third-order valence-corrected chi connectivity index (χ3v) is 4.41. The van der Waals surface area contributed by atoms with Crippen molar-refractivity contribution in [2.45, 2.75) is 31.2 Å².